The second-order valence-electron chi connectivity index (χ2n) is 5.00. The Hall–Kier alpha value is -0.870. The van der Waals surface area contributed by atoms with Crippen LogP contribution in [0.15, 0.2) is 17.5 Å². The smallest absolute Gasteiger partial charge is 0.240 e. The van der Waals surface area contributed by atoms with Crippen molar-refractivity contribution >= 4 is 17.2 Å². The predicted molar refractivity (Wildman–Crippen MR) is 77.6 cm³/mol. The van der Waals surface area contributed by atoms with Crippen LogP contribution in [0.5, 0.6) is 0 Å². The maximum Gasteiger partial charge on any atom is 0.240 e. The third-order valence-corrected chi connectivity index (χ3v) is 4.04. The molecule has 4 heteroatoms. The highest BCUT2D eigenvalue weighted by molar-refractivity contribution is 7.10. The van der Waals surface area contributed by atoms with Crippen LogP contribution in [-0.4, -0.2) is 11.4 Å². The summed E-state index contributed by atoms with van der Waals surface area (Å²) in [6.45, 7) is 5.98. The maximum atomic E-state index is 12.2. The molecule has 3 N–H and O–H groups in total. The summed E-state index contributed by atoms with van der Waals surface area (Å²) in [5.74, 6) is -0.0452. The van der Waals surface area contributed by atoms with Gasteiger partial charge in [-0.3, -0.25) is 4.79 Å². The van der Waals surface area contributed by atoms with E-state index in [4.69, 9.17) is 5.73 Å². The molecule has 0 radical (unpaired) electrons. The average Bonchev–Trinajstić information content (AvgIpc) is 2.81. The van der Waals surface area contributed by atoms with E-state index in [-0.39, 0.29) is 11.9 Å². The second-order valence-corrected chi connectivity index (χ2v) is 5.98. The molecular weight excluding hydrogens is 244 g/mol. The van der Waals surface area contributed by atoms with Crippen LogP contribution in [0.4, 0.5) is 0 Å². The maximum absolute atomic E-state index is 12.2. The van der Waals surface area contributed by atoms with Crippen molar-refractivity contribution < 1.29 is 4.79 Å². The predicted octanol–water partition coefficient (Wildman–Crippen LogP) is 3.22. The summed E-state index contributed by atoms with van der Waals surface area (Å²) in [4.78, 5) is 13.4. The fourth-order valence-electron chi connectivity index (χ4n) is 2.02. The fourth-order valence-corrected chi connectivity index (χ4v) is 2.83. The first-order chi connectivity index (χ1) is 8.51. The normalized spacial score (nSPS) is 16.0. The van der Waals surface area contributed by atoms with E-state index in [9.17, 15) is 4.79 Å². The van der Waals surface area contributed by atoms with Crippen molar-refractivity contribution in [3.05, 3.63) is 22.4 Å². The van der Waals surface area contributed by atoms with Crippen LogP contribution in [0, 0.1) is 0 Å². The third kappa shape index (κ3) is 4.10. The van der Waals surface area contributed by atoms with Gasteiger partial charge in [0.05, 0.1) is 11.6 Å². The Balaban J connectivity index is 2.70. The van der Waals surface area contributed by atoms with Gasteiger partial charge in [-0.1, -0.05) is 32.8 Å². The number of rotatable bonds is 7. The first-order valence-corrected chi connectivity index (χ1v) is 7.52. The average molecular weight is 268 g/mol. The van der Waals surface area contributed by atoms with Crippen LogP contribution >= 0.6 is 11.3 Å². The lowest BCUT2D eigenvalue weighted by Crippen LogP contribution is -2.52. The van der Waals surface area contributed by atoms with Gasteiger partial charge in [0.25, 0.3) is 0 Å². The standard InChI is InChI=1S/C14H24N2OS/c1-4-7-11(12-8-6-10-18-12)16-13(17)14(3,15)9-5-2/h6,8,10-11H,4-5,7,9,15H2,1-3H3,(H,16,17). The molecule has 1 aromatic rings. The highest BCUT2D eigenvalue weighted by Gasteiger charge is 2.29. The van der Waals surface area contributed by atoms with E-state index in [1.165, 1.54) is 4.88 Å². The number of thiophene rings is 1. The first-order valence-electron chi connectivity index (χ1n) is 6.64. The molecule has 18 heavy (non-hydrogen) atoms. The summed E-state index contributed by atoms with van der Waals surface area (Å²) < 4.78 is 0. The van der Waals surface area contributed by atoms with Crippen molar-refractivity contribution in [2.75, 3.05) is 0 Å². The SMILES string of the molecule is CCCC(NC(=O)C(C)(N)CCC)c1cccs1. The molecule has 0 aromatic carbocycles. The summed E-state index contributed by atoms with van der Waals surface area (Å²) in [6.07, 6.45) is 3.62. The summed E-state index contributed by atoms with van der Waals surface area (Å²) in [5, 5.41) is 5.13. The van der Waals surface area contributed by atoms with Crippen molar-refractivity contribution in [1.29, 1.82) is 0 Å². The van der Waals surface area contributed by atoms with E-state index in [0.29, 0.717) is 6.42 Å². The van der Waals surface area contributed by atoms with Gasteiger partial charge in [0.2, 0.25) is 5.91 Å². The van der Waals surface area contributed by atoms with E-state index in [0.717, 1.165) is 19.3 Å². The van der Waals surface area contributed by atoms with Crippen LogP contribution in [0.3, 0.4) is 0 Å². The van der Waals surface area contributed by atoms with Gasteiger partial charge in [-0.05, 0) is 31.2 Å². The van der Waals surface area contributed by atoms with E-state index < -0.39 is 5.54 Å². The molecule has 1 rings (SSSR count). The number of carbonyl (C=O) groups is 1. The zero-order chi connectivity index (χ0) is 13.6. The molecule has 0 saturated carbocycles. The van der Waals surface area contributed by atoms with Crippen LogP contribution in [0.1, 0.15) is 57.4 Å². The first kappa shape index (κ1) is 15.2. The molecule has 1 amide bonds. The number of hydrogen-bond donors (Lipinski definition) is 2. The van der Waals surface area contributed by atoms with E-state index in [2.05, 4.69) is 18.3 Å². The molecule has 0 aliphatic heterocycles. The number of carbonyl (C=O) groups excluding carboxylic acids is 1. The number of hydrogen-bond acceptors (Lipinski definition) is 3. The molecule has 1 aromatic heterocycles. The van der Waals surface area contributed by atoms with Crippen molar-refractivity contribution in [2.24, 2.45) is 5.73 Å². The molecule has 0 fully saturated rings. The number of amides is 1. The Bertz CT molecular complexity index is 360. The Morgan fingerprint density at radius 3 is 2.72 bits per heavy atom. The van der Waals surface area contributed by atoms with Gasteiger partial charge in [-0.2, -0.15) is 0 Å². The molecule has 0 aliphatic carbocycles. The lowest BCUT2D eigenvalue weighted by Gasteiger charge is -2.26. The van der Waals surface area contributed by atoms with Crippen molar-refractivity contribution in [2.45, 2.75) is 58.0 Å². The molecule has 0 saturated heterocycles. The second kappa shape index (κ2) is 6.90. The Morgan fingerprint density at radius 1 is 1.50 bits per heavy atom. The summed E-state index contributed by atoms with van der Waals surface area (Å²) in [7, 11) is 0. The quantitative estimate of drug-likeness (QED) is 0.797. The third-order valence-electron chi connectivity index (χ3n) is 3.06. The zero-order valence-corrected chi connectivity index (χ0v) is 12.3. The van der Waals surface area contributed by atoms with Crippen molar-refractivity contribution in [3.63, 3.8) is 0 Å². The minimum absolute atomic E-state index is 0.0452. The molecule has 0 aliphatic rings. The highest BCUT2D eigenvalue weighted by atomic mass is 32.1. The summed E-state index contributed by atoms with van der Waals surface area (Å²) in [5.41, 5.74) is 5.29. The Labute approximate surface area is 114 Å². The van der Waals surface area contributed by atoms with Crippen molar-refractivity contribution in [1.82, 2.24) is 5.32 Å². The lowest BCUT2D eigenvalue weighted by molar-refractivity contribution is -0.126. The molecule has 102 valence electrons. The van der Waals surface area contributed by atoms with Gasteiger partial charge in [0.15, 0.2) is 0 Å². The van der Waals surface area contributed by atoms with E-state index in [1.54, 1.807) is 11.3 Å². The number of nitrogens with two attached hydrogens (primary N) is 1. The molecular formula is C14H24N2OS. The lowest BCUT2D eigenvalue weighted by atomic mass is 9.95. The molecule has 0 bridgehead atoms. The Kier molecular flexibility index (Phi) is 5.82. The minimum Gasteiger partial charge on any atom is -0.347 e. The van der Waals surface area contributed by atoms with Gasteiger partial charge in [-0.15, -0.1) is 11.3 Å². The molecule has 0 spiro atoms. The minimum atomic E-state index is -0.766. The number of nitrogens with one attached hydrogen (secondary N) is 1. The highest BCUT2D eigenvalue weighted by Crippen LogP contribution is 2.24. The monoisotopic (exact) mass is 268 g/mol. The van der Waals surface area contributed by atoms with Crippen LogP contribution in [0.25, 0.3) is 0 Å². The largest absolute Gasteiger partial charge is 0.347 e. The van der Waals surface area contributed by atoms with Gasteiger partial charge >= 0.3 is 0 Å². The summed E-state index contributed by atoms with van der Waals surface area (Å²) >= 11 is 1.68. The molecule has 2 atom stereocenters. The molecule has 3 nitrogen and oxygen atoms in total. The van der Waals surface area contributed by atoms with Crippen LogP contribution in [0.2, 0.25) is 0 Å². The zero-order valence-electron chi connectivity index (χ0n) is 11.5. The van der Waals surface area contributed by atoms with Crippen LogP contribution in [-0.2, 0) is 4.79 Å². The molecule has 1 heterocycles. The topological polar surface area (TPSA) is 55.1 Å². The Morgan fingerprint density at radius 2 is 2.22 bits per heavy atom. The summed E-state index contributed by atoms with van der Waals surface area (Å²) in [6, 6.07) is 4.18. The van der Waals surface area contributed by atoms with E-state index in [1.807, 2.05) is 25.3 Å². The van der Waals surface area contributed by atoms with Gasteiger partial charge in [0, 0.05) is 4.88 Å². The molecule has 2 unspecified atom stereocenters. The van der Waals surface area contributed by atoms with Gasteiger partial charge in [0.1, 0.15) is 0 Å². The van der Waals surface area contributed by atoms with E-state index >= 15 is 0 Å². The fraction of sp³-hybridized carbons (Fsp3) is 0.643. The van der Waals surface area contributed by atoms with Crippen LogP contribution < -0.4 is 11.1 Å². The van der Waals surface area contributed by atoms with Gasteiger partial charge < -0.3 is 11.1 Å². The van der Waals surface area contributed by atoms with Gasteiger partial charge in [-0.25, -0.2) is 0 Å². The van der Waals surface area contributed by atoms with Crippen molar-refractivity contribution in [3.8, 4) is 0 Å².